The van der Waals surface area contributed by atoms with Crippen LogP contribution < -0.4 is 0 Å². The van der Waals surface area contributed by atoms with E-state index in [2.05, 4.69) is 0 Å². The molecule has 0 aromatic rings. The Bertz CT molecular complexity index is 210. The smallest absolute Gasteiger partial charge is 0.0628 e. The Balaban J connectivity index is 2.48. The summed E-state index contributed by atoms with van der Waals surface area (Å²) in [6.45, 7) is 5.17. The Morgan fingerprint density at radius 2 is 2.33 bits per heavy atom. The number of nitrogens with zero attached hydrogens (tertiary/aromatic N) is 1. The van der Waals surface area contributed by atoms with Crippen LogP contribution in [0.5, 0.6) is 0 Å². The van der Waals surface area contributed by atoms with Crippen molar-refractivity contribution in [1.29, 1.82) is 0 Å². The summed E-state index contributed by atoms with van der Waals surface area (Å²) in [5.41, 5.74) is -0.191. The van der Waals surface area contributed by atoms with Crippen LogP contribution in [0.15, 0.2) is 0 Å². The number of rotatable bonds is 2. The lowest BCUT2D eigenvalue weighted by Gasteiger charge is -2.25. The van der Waals surface area contributed by atoms with E-state index in [0.29, 0.717) is 13.2 Å². The largest absolute Gasteiger partial charge is 0.374 e. The van der Waals surface area contributed by atoms with Crippen LogP contribution in [0.3, 0.4) is 0 Å². The quantitative estimate of drug-likeness (QED) is 0.634. The summed E-state index contributed by atoms with van der Waals surface area (Å²) in [7, 11) is 0. The normalized spacial score (nSPS) is 31.2. The fraction of sp³-hybridized carbons (Fsp3) is 1.00. The van der Waals surface area contributed by atoms with Crippen molar-refractivity contribution in [3.8, 4) is 0 Å². The minimum atomic E-state index is -1.97. The van der Waals surface area contributed by atoms with Gasteiger partial charge in [0.1, 0.15) is 0 Å². The van der Waals surface area contributed by atoms with E-state index in [9.17, 15) is 0 Å². The van der Waals surface area contributed by atoms with Gasteiger partial charge < -0.3 is 9.64 Å². The molecule has 72 valence electrons. The molecule has 1 aliphatic rings. The van der Waals surface area contributed by atoms with E-state index < -0.39 is 6.98 Å². The zero-order chi connectivity index (χ0) is 11.7. The van der Waals surface area contributed by atoms with Crippen molar-refractivity contribution in [3.05, 3.63) is 0 Å². The highest BCUT2D eigenvalue weighted by Crippen LogP contribution is 2.17. The monoisotopic (exact) mass is 174 g/mol. The average molecular weight is 174 g/mol. The van der Waals surface area contributed by atoms with Crippen LogP contribution in [0.4, 0.5) is 0 Å². The summed E-state index contributed by atoms with van der Waals surface area (Å²) in [4.78, 5) is 1.58. The van der Waals surface area contributed by atoms with Gasteiger partial charge in [-0.2, -0.15) is 0 Å². The van der Waals surface area contributed by atoms with Crippen LogP contribution in [0, 0.1) is 0 Å². The van der Waals surface area contributed by atoms with Crippen molar-refractivity contribution in [2.24, 2.45) is 0 Å². The van der Waals surface area contributed by atoms with Crippen molar-refractivity contribution in [1.82, 2.24) is 4.90 Å². The first-order chi connectivity index (χ1) is 6.70. The number of hydrogen-bond acceptors (Lipinski definition) is 2. The predicted molar refractivity (Wildman–Crippen MR) is 51.4 cm³/mol. The second-order valence-corrected chi connectivity index (χ2v) is 4.41. The maximum atomic E-state index is 7.40. The van der Waals surface area contributed by atoms with Crippen molar-refractivity contribution >= 4 is 0 Å². The summed E-state index contributed by atoms with van der Waals surface area (Å²) in [6.07, 6.45) is 1.88. The van der Waals surface area contributed by atoms with Crippen LogP contribution in [0.1, 0.15) is 37.7 Å². The minimum absolute atomic E-state index is 0.0525. The Morgan fingerprint density at radius 3 is 2.92 bits per heavy atom. The third-order valence-corrected chi connectivity index (χ3v) is 2.09. The fourth-order valence-corrected chi connectivity index (χ4v) is 1.36. The first-order valence-electron chi connectivity index (χ1n) is 6.11. The van der Waals surface area contributed by atoms with Crippen LogP contribution in [0.2, 0.25) is 0 Å². The molecule has 1 rings (SSSR count). The van der Waals surface area contributed by atoms with Gasteiger partial charge in [-0.15, -0.1) is 0 Å². The van der Waals surface area contributed by atoms with E-state index in [0.717, 1.165) is 12.8 Å². The second-order valence-electron chi connectivity index (χ2n) is 4.41. The Labute approximate surface area is 80.1 Å². The molecule has 2 heteroatoms. The zero-order valence-electron chi connectivity index (χ0n) is 11.3. The van der Waals surface area contributed by atoms with Crippen molar-refractivity contribution in [2.75, 3.05) is 20.1 Å². The van der Waals surface area contributed by atoms with Gasteiger partial charge >= 0.3 is 0 Å². The number of likely N-dealkylation sites (N-methyl/N-ethyl adjacent to an activating group) is 1. The molecule has 0 radical (unpaired) electrons. The lowest BCUT2D eigenvalue weighted by Crippen LogP contribution is -2.33. The molecule has 0 aliphatic carbocycles. The standard InChI is InChI=1S/C10H21NO/c1-10(2,3)12-8-9-6-5-7-11(9)4/h9H,5-8H2,1-4H3/i4D3. The molecule has 1 unspecified atom stereocenters. The molecule has 0 spiro atoms. The molecule has 0 saturated carbocycles. The van der Waals surface area contributed by atoms with Crippen molar-refractivity contribution < 1.29 is 8.85 Å². The number of likely N-dealkylation sites (tertiary alicyclic amines) is 1. The van der Waals surface area contributed by atoms with E-state index in [1.165, 1.54) is 0 Å². The molecule has 0 aromatic heterocycles. The molecule has 2 nitrogen and oxygen atoms in total. The molecule has 1 aliphatic heterocycles. The zero-order valence-corrected chi connectivity index (χ0v) is 8.26. The molecular weight excluding hydrogens is 150 g/mol. The van der Waals surface area contributed by atoms with Crippen molar-refractivity contribution in [3.63, 3.8) is 0 Å². The minimum Gasteiger partial charge on any atom is -0.374 e. The molecule has 1 saturated heterocycles. The van der Waals surface area contributed by atoms with Gasteiger partial charge in [0.15, 0.2) is 0 Å². The Kier molecular flexibility index (Phi) is 2.00. The van der Waals surface area contributed by atoms with E-state index in [4.69, 9.17) is 8.85 Å². The second kappa shape index (κ2) is 3.75. The van der Waals surface area contributed by atoms with Gasteiger partial charge in [0, 0.05) is 10.2 Å². The molecule has 1 heterocycles. The van der Waals surface area contributed by atoms with Gasteiger partial charge in [-0.25, -0.2) is 0 Å². The van der Waals surface area contributed by atoms with Crippen LogP contribution in [-0.4, -0.2) is 36.7 Å². The summed E-state index contributed by atoms with van der Waals surface area (Å²) in [5, 5.41) is 0. The molecule has 1 atom stereocenters. The van der Waals surface area contributed by atoms with Gasteiger partial charge in [-0.3, -0.25) is 0 Å². The Hall–Kier alpha value is -0.0800. The van der Waals surface area contributed by atoms with Crippen LogP contribution in [0.25, 0.3) is 0 Å². The third kappa shape index (κ3) is 3.11. The van der Waals surface area contributed by atoms with Gasteiger partial charge in [0.2, 0.25) is 0 Å². The molecule has 0 amide bonds. The summed E-state index contributed by atoms with van der Waals surface area (Å²) < 4.78 is 27.8. The highest BCUT2D eigenvalue weighted by atomic mass is 16.5. The molecule has 0 N–H and O–H groups in total. The van der Waals surface area contributed by atoms with Gasteiger partial charge in [-0.1, -0.05) is 0 Å². The van der Waals surface area contributed by atoms with E-state index >= 15 is 0 Å². The molecular formula is C10H21NO. The van der Waals surface area contributed by atoms with E-state index in [-0.39, 0.29) is 11.6 Å². The molecule has 12 heavy (non-hydrogen) atoms. The number of ether oxygens (including phenoxy) is 1. The van der Waals surface area contributed by atoms with Crippen LogP contribution in [-0.2, 0) is 4.74 Å². The molecule has 1 fully saturated rings. The van der Waals surface area contributed by atoms with Crippen LogP contribution >= 0.6 is 0 Å². The van der Waals surface area contributed by atoms with Gasteiger partial charge in [-0.05, 0) is 47.1 Å². The molecule has 0 aromatic carbocycles. The lowest BCUT2D eigenvalue weighted by molar-refractivity contribution is -0.0251. The topological polar surface area (TPSA) is 12.5 Å². The summed E-state index contributed by atoms with van der Waals surface area (Å²) in [6, 6.07) is 0.0525. The maximum Gasteiger partial charge on any atom is 0.0628 e. The highest BCUT2D eigenvalue weighted by molar-refractivity contribution is 4.76. The molecule has 0 bridgehead atoms. The first-order valence-corrected chi connectivity index (χ1v) is 4.61. The number of hydrogen-bond donors (Lipinski definition) is 0. The highest BCUT2D eigenvalue weighted by Gasteiger charge is 2.22. The Morgan fingerprint density at radius 1 is 1.58 bits per heavy atom. The predicted octanol–water partition coefficient (Wildman–Crippen LogP) is 1.90. The summed E-state index contributed by atoms with van der Waals surface area (Å²) in [5.74, 6) is 0. The summed E-state index contributed by atoms with van der Waals surface area (Å²) >= 11 is 0. The maximum absolute atomic E-state index is 7.40. The van der Waals surface area contributed by atoms with Gasteiger partial charge in [0.05, 0.1) is 12.2 Å². The van der Waals surface area contributed by atoms with Crippen molar-refractivity contribution in [2.45, 2.75) is 45.3 Å². The SMILES string of the molecule is [2H]C([2H])([2H])N1CCCC1COC(C)(C)C. The van der Waals surface area contributed by atoms with E-state index in [1.807, 2.05) is 20.8 Å². The first kappa shape index (κ1) is 6.39. The lowest BCUT2D eigenvalue weighted by atomic mass is 10.2. The average Bonchev–Trinajstić information content (AvgIpc) is 2.45. The third-order valence-electron chi connectivity index (χ3n) is 2.09. The van der Waals surface area contributed by atoms with E-state index in [1.54, 1.807) is 4.90 Å². The fourth-order valence-electron chi connectivity index (χ4n) is 1.36. The van der Waals surface area contributed by atoms with Gasteiger partial charge in [0.25, 0.3) is 0 Å².